The summed E-state index contributed by atoms with van der Waals surface area (Å²) in [5.74, 6) is 1.11. The van der Waals surface area contributed by atoms with Gasteiger partial charge in [-0.25, -0.2) is 9.78 Å². The number of aromatic nitrogens is 1. The first-order chi connectivity index (χ1) is 12.2. The Balaban J connectivity index is 1.49. The summed E-state index contributed by atoms with van der Waals surface area (Å²) in [6.07, 6.45) is 3.15. The van der Waals surface area contributed by atoms with E-state index < -0.39 is 0 Å². The van der Waals surface area contributed by atoms with Crippen LogP contribution in [-0.4, -0.2) is 29.3 Å². The van der Waals surface area contributed by atoms with E-state index in [1.54, 1.807) is 0 Å². The lowest BCUT2D eigenvalue weighted by atomic mass is 9.91. The molecule has 2 atom stereocenters. The molecule has 0 bridgehead atoms. The predicted octanol–water partition coefficient (Wildman–Crippen LogP) is 2.43. The highest BCUT2D eigenvalue weighted by molar-refractivity contribution is 5.88. The normalized spacial score (nSPS) is 21.0. The van der Waals surface area contributed by atoms with Crippen LogP contribution in [0.4, 0.5) is 10.6 Å². The summed E-state index contributed by atoms with van der Waals surface area (Å²) in [4.78, 5) is 17.0. The Bertz CT molecular complexity index is 793. The molecule has 6 heteroatoms. The zero-order valence-corrected chi connectivity index (χ0v) is 13.9. The van der Waals surface area contributed by atoms with Crippen LogP contribution < -0.4 is 15.4 Å². The fourth-order valence-corrected chi connectivity index (χ4v) is 3.55. The van der Waals surface area contributed by atoms with Gasteiger partial charge in [-0.1, -0.05) is 24.3 Å². The Morgan fingerprint density at radius 1 is 1.24 bits per heavy atom. The van der Waals surface area contributed by atoms with Crippen LogP contribution >= 0.6 is 0 Å². The van der Waals surface area contributed by atoms with E-state index >= 15 is 0 Å². The number of benzene rings is 1. The van der Waals surface area contributed by atoms with Crippen LogP contribution in [0.2, 0.25) is 0 Å². The van der Waals surface area contributed by atoms with Gasteiger partial charge in [0.15, 0.2) is 0 Å². The summed E-state index contributed by atoms with van der Waals surface area (Å²) < 4.78 is 5.66. The van der Waals surface area contributed by atoms with Crippen molar-refractivity contribution in [3.8, 4) is 5.75 Å². The lowest BCUT2D eigenvalue weighted by molar-refractivity contribution is 0.114. The molecule has 1 aliphatic heterocycles. The molecule has 2 aliphatic rings. The maximum Gasteiger partial charge on any atom is 0.320 e. The number of nitrogens with one attached hydrogen (secondary N) is 2. The number of hydrogen-bond donors (Lipinski definition) is 3. The first-order valence-electron chi connectivity index (χ1n) is 8.63. The van der Waals surface area contributed by atoms with Gasteiger partial charge in [0.05, 0.1) is 19.3 Å². The van der Waals surface area contributed by atoms with Crippen molar-refractivity contribution < 1.29 is 14.6 Å². The smallest absolute Gasteiger partial charge is 0.320 e. The fraction of sp³-hybridized carbons (Fsp3) is 0.368. The van der Waals surface area contributed by atoms with E-state index in [1.165, 1.54) is 5.56 Å². The van der Waals surface area contributed by atoms with E-state index in [9.17, 15) is 9.90 Å². The molecule has 2 amide bonds. The van der Waals surface area contributed by atoms with Gasteiger partial charge >= 0.3 is 6.03 Å². The number of aliphatic hydroxyl groups excluding tert-OH is 1. The van der Waals surface area contributed by atoms with Crippen molar-refractivity contribution in [3.05, 3.63) is 53.2 Å². The third-order valence-electron chi connectivity index (χ3n) is 4.87. The Labute approximate surface area is 146 Å². The summed E-state index contributed by atoms with van der Waals surface area (Å²) in [6, 6.07) is 10.8. The number of rotatable bonds is 3. The van der Waals surface area contributed by atoms with Crippen LogP contribution in [0.3, 0.4) is 0 Å². The lowest BCUT2D eigenvalue weighted by Crippen LogP contribution is -2.42. The summed E-state index contributed by atoms with van der Waals surface area (Å²) in [7, 11) is 0. The molecule has 1 aromatic carbocycles. The average Bonchev–Trinajstić information content (AvgIpc) is 3.10. The fourth-order valence-electron chi connectivity index (χ4n) is 3.55. The molecule has 25 heavy (non-hydrogen) atoms. The Hall–Kier alpha value is -2.60. The maximum atomic E-state index is 12.5. The average molecular weight is 339 g/mol. The van der Waals surface area contributed by atoms with E-state index in [0.29, 0.717) is 12.4 Å². The predicted molar refractivity (Wildman–Crippen MR) is 93.7 cm³/mol. The number of urea groups is 1. The molecule has 4 rings (SSSR count). The van der Waals surface area contributed by atoms with E-state index in [-0.39, 0.29) is 24.6 Å². The number of pyridine rings is 1. The van der Waals surface area contributed by atoms with E-state index in [2.05, 4.69) is 15.6 Å². The number of carbonyl (C=O) groups is 1. The van der Waals surface area contributed by atoms with E-state index in [1.807, 2.05) is 36.4 Å². The van der Waals surface area contributed by atoms with Crippen LogP contribution in [0.5, 0.6) is 5.75 Å². The van der Waals surface area contributed by atoms with Crippen molar-refractivity contribution >= 4 is 11.8 Å². The second kappa shape index (κ2) is 6.72. The van der Waals surface area contributed by atoms with Crippen molar-refractivity contribution in [1.29, 1.82) is 0 Å². The molecule has 1 aliphatic carbocycles. The number of anilines is 1. The van der Waals surface area contributed by atoms with Crippen molar-refractivity contribution in [2.24, 2.45) is 5.92 Å². The molecule has 1 aromatic heterocycles. The molecule has 0 radical (unpaired) electrons. The molecule has 3 N–H and O–H groups in total. The summed E-state index contributed by atoms with van der Waals surface area (Å²) in [5.41, 5.74) is 3.22. The number of aryl methyl sites for hydroxylation is 2. The van der Waals surface area contributed by atoms with E-state index in [4.69, 9.17) is 4.74 Å². The number of amides is 2. The highest BCUT2D eigenvalue weighted by Gasteiger charge is 2.31. The SMILES string of the molecule is O=C(Nc1ccc2c(n1)CCC2)N[C@H]1c2ccccc2OC[C@H]1CO. The summed E-state index contributed by atoms with van der Waals surface area (Å²) in [6.45, 7) is 0.311. The molecule has 0 spiro atoms. The quantitative estimate of drug-likeness (QED) is 0.802. The lowest BCUT2D eigenvalue weighted by Gasteiger charge is -2.33. The van der Waals surface area contributed by atoms with Crippen LogP contribution in [0, 0.1) is 5.92 Å². The minimum absolute atomic E-state index is 0.0592. The molecule has 0 unspecified atom stereocenters. The largest absolute Gasteiger partial charge is 0.493 e. The minimum Gasteiger partial charge on any atom is -0.493 e. The van der Waals surface area contributed by atoms with Crippen LogP contribution in [0.15, 0.2) is 36.4 Å². The van der Waals surface area contributed by atoms with Gasteiger partial charge in [0.2, 0.25) is 0 Å². The number of fused-ring (bicyclic) bond motifs is 2. The van der Waals surface area contributed by atoms with Gasteiger partial charge in [0, 0.05) is 17.2 Å². The molecule has 6 nitrogen and oxygen atoms in total. The van der Waals surface area contributed by atoms with Gasteiger partial charge in [0.25, 0.3) is 0 Å². The Morgan fingerprint density at radius 2 is 2.12 bits per heavy atom. The number of para-hydroxylation sites is 1. The zero-order chi connectivity index (χ0) is 17.2. The van der Waals surface area contributed by atoms with Crippen molar-refractivity contribution in [1.82, 2.24) is 10.3 Å². The zero-order valence-electron chi connectivity index (χ0n) is 13.9. The third kappa shape index (κ3) is 3.17. The molecule has 0 saturated carbocycles. The minimum atomic E-state index is -0.328. The molecular formula is C19H21N3O3. The maximum absolute atomic E-state index is 12.5. The van der Waals surface area contributed by atoms with Gasteiger partial charge in [-0.2, -0.15) is 0 Å². The van der Waals surface area contributed by atoms with Gasteiger partial charge in [-0.05, 0) is 37.0 Å². The Kier molecular flexibility index (Phi) is 4.28. The molecule has 130 valence electrons. The van der Waals surface area contributed by atoms with E-state index in [0.717, 1.165) is 36.3 Å². The second-order valence-corrected chi connectivity index (χ2v) is 6.52. The Morgan fingerprint density at radius 3 is 3.00 bits per heavy atom. The number of ether oxygens (including phenoxy) is 1. The van der Waals surface area contributed by atoms with Crippen LogP contribution in [-0.2, 0) is 12.8 Å². The number of carbonyl (C=O) groups excluding carboxylic acids is 1. The molecule has 0 fully saturated rings. The summed E-state index contributed by atoms with van der Waals surface area (Å²) in [5, 5.41) is 15.4. The molecule has 0 saturated heterocycles. The highest BCUT2D eigenvalue weighted by Crippen LogP contribution is 2.35. The molecule has 2 heterocycles. The third-order valence-corrected chi connectivity index (χ3v) is 4.87. The highest BCUT2D eigenvalue weighted by atomic mass is 16.5. The van der Waals surface area contributed by atoms with Gasteiger partial charge in [-0.3, -0.25) is 5.32 Å². The van der Waals surface area contributed by atoms with Gasteiger partial charge in [-0.15, -0.1) is 0 Å². The van der Waals surface area contributed by atoms with Gasteiger partial charge in [0.1, 0.15) is 11.6 Å². The van der Waals surface area contributed by atoms with Gasteiger partial charge < -0.3 is 15.2 Å². The first kappa shape index (κ1) is 15.9. The van der Waals surface area contributed by atoms with Crippen molar-refractivity contribution in [2.45, 2.75) is 25.3 Å². The standard InChI is InChI=1S/C19H21N3O3/c23-10-13-11-25-16-7-2-1-5-14(16)18(13)22-19(24)21-17-9-8-12-4-3-6-15(12)20-17/h1-2,5,7-9,13,18,23H,3-4,6,10-11H2,(H2,20,21,22,24)/t13-,18-/m1/s1. The van der Waals surface area contributed by atoms with Crippen molar-refractivity contribution in [3.63, 3.8) is 0 Å². The van der Waals surface area contributed by atoms with Crippen LogP contribution in [0.1, 0.15) is 29.3 Å². The summed E-state index contributed by atoms with van der Waals surface area (Å²) >= 11 is 0. The van der Waals surface area contributed by atoms with Crippen molar-refractivity contribution in [2.75, 3.05) is 18.5 Å². The van der Waals surface area contributed by atoms with Crippen LogP contribution in [0.25, 0.3) is 0 Å². The number of aliphatic hydroxyl groups is 1. The monoisotopic (exact) mass is 339 g/mol. The molecule has 2 aromatic rings. The number of nitrogens with zero attached hydrogens (tertiary/aromatic N) is 1. The number of hydrogen-bond acceptors (Lipinski definition) is 4. The first-order valence-corrected chi connectivity index (χ1v) is 8.63. The molecular weight excluding hydrogens is 318 g/mol. The topological polar surface area (TPSA) is 83.5 Å². The second-order valence-electron chi connectivity index (χ2n) is 6.52.